The molecule has 1 saturated heterocycles. The molecule has 27 heavy (non-hydrogen) atoms. The van der Waals surface area contributed by atoms with E-state index in [2.05, 4.69) is 39.3 Å². The first-order chi connectivity index (χ1) is 12.7. The average molecular weight is 484 g/mol. The second-order valence-corrected chi connectivity index (χ2v) is 6.34. The SMILES string of the molecule is CCNC(=NCc1cnn(C)c1)N1CCN(c2ccccc2OC)CC1.I. The molecule has 1 aromatic heterocycles. The van der Waals surface area contributed by atoms with Crippen LogP contribution in [0.25, 0.3) is 0 Å². The van der Waals surface area contributed by atoms with Crippen molar-refractivity contribution in [1.82, 2.24) is 20.0 Å². The minimum Gasteiger partial charge on any atom is -0.495 e. The third-order valence-electron chi connectivity index (χ3n) is 4.51. The van der Waals surface area contributed by atoms with Crippen LogP contribution in [0.1, 0.15) is 12.5 Å². The smallest absolute Gasteiger partial charge is 0.194 e. The lowest BCUT2D eigenvalue weighted by atomic mass is 10.2. The Balaban J connectivity index is 0.00000261. The lowest BCUT2D eigenvalue weighted by molar-refractivity contribution is 0.367. The van der Waals surface area contributed by atoms with Crippen LogP contribution in [0.4, 0.5) is 5.69 Å². The Bertz CT molecular complexity index is 739. The van der Waals surface area contributed by atoms with Crippen LogP contribution in [0.2, 0.25) is 0 Å². The highest BCUT2D eigenvalue weighted by molar-refractivity contribution is 14.0. The van der Waals surface area contributed by atoms with Crippen molar-refractivity contribution in [2.24, 2.45) is 12.0 Å². The predicted octanol–water partition coefficient (Wildman–Crippen LogP) is 2.33. The van der Waals surface area contributed by atoms with Crippen molar-refractivity contribution in [2.75, 3.05) is 44.7 Å². The van der Waals surface area contributed by atoms with E-state index in [-0.39, 0.29) is 24.0 Å². The van der Waals surface area contributed by atoms with Gasteiger partial charge in [0, 0.05) is 51.5 Å². The third kappa shape index (κ3) is 5.50. The molecule has 1 aromatic carbocycles. The fourth-order valence-electron chi connectivity index (χ4n) is 3.20. The summed E-state index contributed by atoms with van der Waals surface area (Å²) >= 11 is 0. The van der Waals surface area contributed by atoms with Gasteiger partial charge in [-0.2, -0.15) is 5.10 Å². The van der Waals surface area contributed by atoms with Crippen molar-refractivity contribution >= 4 is 35.6 Å². The van der Waals surface area contributed by atoms with Crippen LogP contribution in [-0.4, -0.2) is 60.5 Å². The summed E-state index contributed by atoms with van der Waals surface area (Å²) in [5, 5.41) is 7.62. The number of aromatic nitrogens is 2. The first-order valence-electron chi connectivity index (χ1n) is 9.10. The summed E-state index contributed by atoms with van der Waals surface area (Å²) in [5.74, 6) is 1.90. The Morgan fingerprint density at radius 3 is 2.59 bits per heavy atom. The second-order valence-electron chi connectivity index (χ2n) is 6.34. The minimum absolute atomic E-state index is 0. The molecule has 1 aliphatic heterocycles. The fraction of sp³-hybridized carbons (Fsp3) is 0.474. The molecule has 8 heteroatoms. The van der Waals surface area contributed by atoms with Gasteiger partial charge in [-0.3, -0.25) is 4.68 Å². The molecule has 1 fully saturated rings. The van der Waals surface area contributed by atoms with E-state index in [1.165, 1.54) is 0 Å². The zero-order chi connectivity index (χ0) is 18.4. The molecule has 0 aliphatic carbocycles. The molecule has 7 nitrogen and oxygen atoms in total. The normalized spacial score (nSPS) is 14.7. The van der Waals surface area contributed by atoms with E-state index in [9.17, 15) is 0 Å². The number of benzene rings is 1. The number of ether oxygens (including phenoxy) is 1. The Morgan fingerprint density at radius 1 is 1.22 bits per heavy atom. The Labute approximate surface area is 178 Å². The first kappa shape index (κ1) is 21.3. The van der Waals surface area contributed by atoms with E-state index in [1.807, 2.05) is 36.3 Å². The number of guanidine groups is 1. The molecule has 148 valence electrons. The molecule has 0 bridgehead atoms. The molecule has 2 heterocycles. The van der Waals surface area contributed by atoms with Gasteiger partial charge in [0.2, 0.25) is 0 Å². The van der Waals surface area contributed by atoms with Gasteiger partial charge < -0.3 is 19.9 Å². The monoisotopic (exact) mass is 484 g/mol. The Morgan fingerprint density at radius 2 is 1.96 bits per heavy atom. The number of methoxy groups -OCH3 is 1. The van der Waals surface area contributed by atoms with Gasteiger partial charge in [-0.15, -0.1) is 24.0 Å². The molecule has 0 unspecified atom stereocenters. The van der Waals surface area contributed by atoms with Crippen LogP contribution in [0.5, 0.6) is 5.75 Å². The maximum atomic E-state index is 5.50. The van der Waals surface area contributed by atoms with Gasteiger partial charge in [-0.1, -0.05) is 12.1 Å². The van der Waals surface area contributed by atoms with E-state index in [0.29, 0.717) is 6.54 Å². The summed E-state index contributed by atoms with van der Waals surface area (Å²) in [4.78, 5) is 9.49. The van der Waals surface area contributed by atoms with Crippen molar-refractivity contribution in [1.29, 1.82) is 0 Å². The number of rotatable bonds is 5. The number of para-hydroxylation sites is 2. The standard InChI is InChI=1S/C19H28N6O.HI/c1-4-20-19(21-13-16-14-22-23(2)15-16)25-11-9-24(10-12-25)17-7-5-6-8-18(17)26-3;/h5-8,14-15H,4,9-13H2,1-3H3,(H,20,21);1H. The van der Waals surface area contributed by atoms with Crippen LogP contribution >= 0.6 is 24.0 Å². The number of aliphatic imine (C=N–C) groups is 1. The van der Waals surface area contributed by atoms with Gasteiger partial charge in [0.1, 0.15) is 5.75 Å². The zero-order valence-electron chi connectivity index (χ0n) is 16.3. The van der Waals surface area contributed by atoms with E-state index < -0.39 is 0 Å². The van der Waals surface area contributed by atoms with Crippen molar-refractivity contribution < 1.29 is 4.74 Å². The van der Waals surface area contributed by atoms with Crippen molar-refractivity contribution in [3.05, 3.63) is 42.2 Å². The molecule has 1 aliphatic rings. The molecular formula is C19H29IN6O. The third-order valence-corrected chi connectivity index (χ3v) is 4.51. The quantitative estimate of drug-likeness (QED) is 0.401. The predicted molar refractivity (Wildman–Crippen MR) is 120 cm³/mol. The maximum absolute atomic E-state index is 5.50. The summed E-state index contributed by atoms with van der Waals surface area (Å²) < 4.78 is 7.31. The number of hydrogen-bond donors (Lipinski definition) is 1. The van der Waals surface area contributed by atoms with Gasteiger partial charge in [-0.05, 0) is 19.1 Å². The Hall–Kier alpha value is -1.97. The van der Waals surface area contributed by atoms with Gasteiger partial charge in [-0.25, -0.2) is 4.99 Å². The van der Waals surface area contributed by atoms with Gasteiger partial charge >= 0.3 is 0 Å². The van der Waals surface area contributed by atoms with Crippen molar-refractivity contribution in [3.8, 4) is 5.75 Å². The largest absolute Gasteiger partial charge is 0.495 e. The van der Waals surface area contributed by atoms with E-state index >= 15 is 0 Å². The van der Waals surface area contributed by atoms with Crippen LogP contribution in [0.3, 0.4) is 0 Å². The highest BCUT2D eigenvalue weighted by Crippen LogP contribution is 2.28. The number of anilines is 1. The summed E-state index contributed by atoms with van der Waals surface area (Å²) in [7, 11) is 3.65. The molecule has 0 atom stereocenters. The second kappa shape index (κ2) is 10.4. The number of nitrogens with zero attached hydrogens (tertiary/aromatic N) is 5. The summed E-state index contributed by atoms with van der Waals surface area (Å²) in [6.07, 6.45) is 3.87. The molecule has 0 saturated carbocycles. The van der Waals surface area contributed by atoms with Gasteiger partial charge in [0.05, 0.1) is 25.5 Å². The van der Waals surface area contributed by atoms with Crippen LogP contribution in [0, 0.1) is 0 Å². The molecule has 0 amide bonds. The molecule has 0 radical (unpaired) electrons. The van der Waals surface area contributed by atoms with Crippen LogP contribution in [0.15, 0.2) is 41.7 Å². The van der Waals surface area contributed by atoms with Crippen molar-refractivity contribution in [2.45, 2.75) is 13.5 Å². The summed E-state index contributed by atoms with van der Waals surface area (Å²) in [6, 6.07) is 8.20. The van der Waals surface area contributed by atoms with Gasteiger partial charge in [0.25, 0.3) is 0 Å². The minimum atomic E-state index is 0. The highest BCUT2D eigenvalue weighted by atomic mass is 127. The number of hydrogen-bond acceptors (Lipinski definition) is 4. The van der Waals surface area contributed by atoms with E-state index in [4.69, 9.17) is 9.73 Å². The first-order valence-corrected chi connectivity index (χ1v) is 9.10. The Kier molecular flexibility index (Phi) is 8.21. The number of piperazine rings is 1. The van der Waals surface area contributed by atoms with E-state index in [0.717, 1.165) is 55.7 Å². The highest BCUT2D eigenvalue weighted by Gasteiger charge is 2.21. The molecule has 2 aromatic rings. The van der Waals surface area contributed by atoms with Gasteiger partial charge in [0.15, 0.2) is 5.96 Å². The number of nitrogens with one attached hydrogen (secondary N) is 1. The summed E-state index contributed by atoms with van der Waals surface area (Å²) in [6.45, 7) is 7.34. The fourth-order valence-corrected chi connectivity index (χ4v) is 3.20. The molecule has 1 N–H and O–H groups in total. The van der Waals surface area contributed by atoms with Crippen LogP contribution < -0.4 is 15.0 Å². The van der Waals surface area contributed by atoms with Crippen LogP contribution in [-0.2, 0) is 13.6 Å². The lowest BCUT2D eigenvalue weighted by Gasteiger charge is -2.38. The molecule has 3 rings (SSSR count). The molecular weight excluding hydrogens is 455 g/mol. The average Bonchev–Trinajstić information content (AvgIpc) is 3.10. The molecule has 0 spiro atoms. The maximum Gasteiger partial charge on any atom is 0.194 e. The lowest BCUT2D eigenvalue weighted by Crippen LogP contribution is -2.52. The topological polar surface area (TPSA) is 57.9 Å². The number of halogens is 1. The van der Waals surface area contributed by atoms with Crippen molar-refractivity contribution in [3.63, 3.8) is 0 Å². The zero-order valence-corrected chi connectivity index (χ0v) is 18.6. The summed E-state index contributed by atoms with van der Waals surface area (Å²) in [5.41, 5.74) is 2.28. The number of aryl methyl sites for hydroxylation is 1. The van der Waals surface area contributed by atoms with E-state index in [1.54, 1.807) is 7.11 Å².